The summed E-state index contributed by atoms with van der Waals surface area (Å²) in [5.41, 5.74) is 2.62. The number of fused-ring (bicyclic) bond motifs is 1. The molecule has 1 nitrogen and oxygen atoms in total. The van der Waals surface area contributed by atoms with Crippen LogP contribution in [-0.2, 0) is 6.42 Å². The molecule has 1 heterocycles. The molecule has 0 radical (unpaired) electrons. The van der Waals surface area contributed by atoms with Gasteiger partial charge in [0.05, 0.1) is 0 Å². The van der Waals surface area contributed by atoms with Crippen LogP contribution in [0.2, 0.25) is 0 Å². The van der Waals surface area contributed by atoms with Crippen molar-refractivity contribution in [2.24, 2.45) is 0 Å². The lowest BCUT2D eigenvalue weighted by atomic mass is 10.00. The zero-order chi connectivity index (χ0) is 8.39. The van der Waals surface area contributed by atoms with Crippen molar-refractivity contribution in [3.63, 3.8) is 0 Å². The highest BCUT2D eigenvalue weighted by molar-refractivity contribution is 8.68. The van der Waals surface area contributed by atoms with Crippen LogP contribution in [0.15, 0.2) is 24.5 Å². The number of pyridine rings is 1. The fourth-order valence-electron chi connectivity index (χ4n) is 1.34. The minimum absolute atomic E-state index is 0.505. The third-order valence-electron chi connectivity index (χ3n) is 1.99. The lowest BCUT2D eigenvalue weighted by Crippen LogP contribution is -2.07. The summed E-state index contributed by atoms with van der Waals surface area (Å²) in [7, 11) is 1.59. The molecule has 0 aromatic carbocycles. The van der Waals surface area contributed by atoms with Crippen molar-refractivity contribution in [1.29, 1.82) is 0 Å². The Balaban J connectivity index is 2.33. The van der Waals surface area contributed by atoms with Crippen molar-refractivity contribution < 1.29 is 0 Å². The molecular formula is C9H9NS2. The number of nitrogens with zero attached hydrogens (tertiary/aromatic N) is 1. The lowest BCUT2D eigenvalue weighted by Gasteiger charge is -2.15. The van der Waals surface area contributed by atoms with Crippen molar-refractivity contribution in [3.05, 3.63) is 35.7 Å². The van der Waals surface area contributed by atoms with Gasteiger partial charge in [-0.05, 0) is 23.6 Å². The summed E-state index contributed by atoms with van der Waals surface area (Å²) in [6, 6.07) is 2.05. The van der Waals surface area contributed by atoms with E-state index in [1.165, 1.54) is 11.1 Å². The Bertz CT molecular complexity index is 309. The fourth-order valence-corrected chi connectivity index (χ4v) is 2.18. The van der Waals surface area contributed by atoms with E-state index in [9.17, 15) is 0 Å². The van der Waals surface area contributed by atoms with E-state index in [0.717, 1.165) is 6.42 Å². The molecule has 0 fully saturated rings. The molecule has 1 aromatic rings. The van der Waals surface area contributed by atoms with Crippen LogP contribution in [0.5, 0.6) is 0 Å². The van der Waals surface area contributed by atoms with Crippen LogP contribution in [0.25, 0.3) is 6.08 Å². The molecule has 0 bridgehead atoms. The predicted octanol–water partition coefficient (Wildman–Crippen LogP) is 2.60. The summed E-state index contributed by atoms with van der Waals surface area (Å²) in [5, 5.41) is 0.505. The summed E-state index contributed by atoms with van der Waals surface area (Å²) in [5.74, 6) is 0. The van der Waals surface area contributed by atoms with Crippen LogP contribution in [0.1, 0.15) is 11.1 Å². The van der Waals surface area contributed by atoms with Crippen molar-refractivity contribution >= 4 is 28.5 Å². The van der Waals surface area contributed by atoms with Gasteiger partial charge in [0.25, 0.3) is 0 Å². The fraction of sp³-hybridized carbons (Fsp3) is 0.222. The van der Waals surface area contributed by atoms with Gasteiger partial charge in [0.1, 0.15) is 0 Å². The van der Waals surface area contributed by atoms with Crippen LogP contribution >= 0.6 is 22.5 Å². The Kier molecular flexibility index (Phi) is 2.42. The normalized spacial score (nSPS) is 20.6. The molecule has 1 aliphatic rings. The summed E-state index contributed by atoms with van der Waals surface area (Å²) >= 11 is 4.20. The average Bonchev–Trinajstić information content (AvgIpc) is 2.17. The van der Waals surface area contributed by atoms with Crippen LogP contribution in [0.3, 0.4) is 0 Å². The minimum atomic E-state index is 0.505. The topological polar surface area (TPSA) is 12.9 Å². The Hall–Kier alpha value is -0.410. The third-order valence-corrected chi connectivity index (χ3v) is 3.40. The Labute approximate surface area is 81.1 Å². The molecule has 0 spiro atoms. The first-order chi connectivity index (χ1) is 5.90. The second-order valence-corrected chi connectivity index (χ2v) is 4.23. The highest BCUT2D eigenvalue weighted by Crippen LogP contribution is 2.27. The van der Waals surface area contributed by atoms with Gasteiger partial charge in [-0.2, -0.15) is 0 Å². The van der Waals surface area contributed by atoms with Gasteiger partial charge in [0, 0.05) is 17.6 Å². The number of rotatable bonds is 1. The van der Waals surface area contributed by atoms with E-state index in [-0.39, 0.29) is 0 Å². The molecule has 0 saturated heterocycles. The molecule has 0 N–H and O–H groups in total. The lowest BCUT2D eigenvalue weighted by molar-refractivity contribution is 0.992. The van der Waals surface area contributed by atoms with E-state index in [1.807, 2.05) is 18.5 Å². The second kappa shape index (κ2) is 3.54. The monoisotopic (exact) mass is 195 g/mol. The van der Waals surface area contributed by atoms with E-state index >= 15 is 0 Å². The highest BCUT2D eigenvalue weighted by Gasteiger charge is 2.12. The van der Waals surface area contributed by atoms with Gasteiger partial charge in [0.15, 0.2) is 0 Å². The van der Waals surface area contributed by atoms with E-state index in [0.29, 0.717) is 5.25 Å². The van der Waals surface area contributed by atoms with Gasteiger partial charge in [-0.15, -0.1) is 11.7 Å². The molecule has 0 amide bonds. The molecule has 1 unspecified atom stereocenters. The first kappa shape index (κ1) is 8.20. The molecule has 0 aliphatic heterocycles. The van der Waals surface area contributed by atoms with Crippen molar-refractivity contribution in [1.82, 2.24) is 4.98 Å². The summed E-state index contributed by atoms with van der Waals surface area (Å²) in [4.78, 5) is 4.10. The van der Waals surface area contributed by atoms with Crippen LogP contribution in [0.4, 0.5) is 0 Å². The zero-order valence-electron chi connectivity index (χ0n) is 6.47. The van der Waals surface area contributed by atoms with Crippen molar-refractivity contribution in [2.75, 3.05) is 0 Å². The van der Waals surface area contributed by atoms with E-state index in [4.69, 9.17) is 0 Å². The smallest absolute Gasteiger partial charge is 0.0373 e. The van der Waals surface area contributed by atoms with E-state index < -0.39 is 0 Å². The molecule has 1 aromatic heterocycles. The number of thiol groups is 1. The summed E-state index contributed by atoms with van der Waals surface area (Å²) in [6.45, 7) is 0. The highest BCUT2D eigenvalue weighted by atomic mass is 33.1. The van der Waals surface area contributed by atoms with Crippen molar-refractivity contribution in [3.8, 4) is 0 Å². The summed E-state index contributed by atoms with van der Waals surface area (Å²) in [6.07, 6.45) is 9.16. The van der Waals surface area contributed by atoms with Gasteiger partial charge in [-0.25, -0.2) is 0 Å². The predicted molar refractivity (Wildman–Crippen MR) is 57.3 cm³/mol. The van der Waals surface area contributed by atoms with Crippen LogP contribution in [0, 0.1) is 0 Å². The van der Waals surface area contributed by atoms with E-state index in [1.54, 1.807) is 10.8 Å². The second-order valence-electron chi connectivity index (χ2n) is 2.78. The quantitative estimate of drug-likeness (QED) is 0.546. The molecule has 12 heavy (non-hydrogen) atoms. The van der Waals surface area contributed by atoms with Gasteiger partial charge >= 0.3 is 0 Å². The largest absolute Gasteiger partial charge is 0.264 e. The maximum absolute atomic E-state index is 4.20. The van der Waals surface area contributed by atoms with Crippen LogP contribution < -0.4 is 0 Å². The van der Waals surface area contributed by atoms with Crippen molar-refractivity contribution in [2.45, 2.75) is 11.7 Å². The molecule has 1 atom stereocenters. The van der Waals surface area contributed by atoms with E-state index in [2.05, 4.69) is 28.8 Å². The molecular weight excluding hydrogens is 186 g/mol. The summed E-state index contributed by atoms with van der Waals surface area (Å²) < 4.78 is 0. The maximum atomic E-state index is 4.20. The third kappa shape index (κ3) is 1.52. The average molecular weight is 195 g/mol. The zero-order valence-corrected chi connectivity index (χ0v) is 8.18. The Morgan fingerprint density at radius 2 is 2.50 bits per heavy atom. The maximum Gasteiger partial charge on any atom is 0.0373 e. The van der Waals surface area contributed by atoms with Gasteiger partial charge < -0.3 is 0 Å². The standard InChI is InChI=1S/C9H9NS2/c11-12-9-2-1-7-3-4-10-6-8(7)5-9/h1-4,6,9,11H,5H2. The Morgan fingerprint density at radius 1 is 1.58 bits per heavy atom. The van der Waals surface area contributed by atoms with Crippen LogP contribution in [-0.4, -0.2) is 10.2 Å². The van der Waals surface area contributed by atoms with Gasteiger partial charge in [-0.3, -0.25) is 4.98 Å². The first-order valence-electron chi connectivity index (χ1n) is 3.81. The minimum Gasteiger partial charge on any atom is -0.264 e. The number of hydrogen-bond donors (Lipinski definition) is 1. The molecule has 62 valence electrons. The molecule has 2 rings (SSSR count). The molecule has 3 heteroatoms. The van der Waals surface area contributed by atoms with Gasteiger partial charge in [0.2, 0.25) is 0 Å². The number of aromatic nitrogens is 1. The SMILES string of the molecule is SSC1C=Cc2ccncc2C1. The number of hydrogen-bond acceptors (Lipinski definition) is 3. The molecule has 1 aliphatic carbocycles. The van der Waals surface area contributed by atoms with Gasteiger partial charge in [-0.1, -0.05) is 22.9 Å². The first-order valence-corrected chi connectivity index (χ1v) is 5.74. The molecule has 0 saturated carbocycles. The Morgan fingerprint density at radius 3 is 3.33 bits per heavy atom.